The molecule has 1 saturated heterocycles. The first kappa shape index (κ1) is 14.1. The van der Waals surface area contributed by atoms with Crippen molar-refractivity contribution in [3.05, 3.63) is 29.6 Å². The number of hydrogen-bond donors (Lipinski definition) is 1. The average molecular weight is 309 g/mol. The van der Waals surface area contributed by atoms with Crippen molar-refractivity contribution in [1.29, 1.82) is 0 Å². The normalized spacial score (nSPS) is 23.5. The van der Waals surface area contributed by atoms with Gasteiger partial charge in [-0.15, -0.1) is 0 Å². The third-order valence-electron chi connectivity index (χ3n) is 4.70. The Bertz CT molecular complexity index is 687. The molecule has 1 aliphatic carbocycles. The second-order valence-electron chi connectivity index (χ2n) is 6.54. The molecule has 2 aromatic rings. The Hall–Kier alpha value is -1.56. The van der Waals surface area contributed by atoms with Gasteiger partial charge >= 0.3 is 6.18 Å². The summed E-state index contributed by atoms with van der Waals surface area (Å²) in [5.74, 6) is 2.00. The zero-order valence-electron chi connectivity index (χ0n) is 12.2. The lowest BCUT2D eigenvalue weighted by molar-refractivity contribution is -0.137. The molecule has 0 bridgehead atoms. The monoisotopic (exact) mass is 309 g/mol. The number of alkyl halides is 3. The van der Waals surface area contributed by atoms with E-state index >= 15 is 0 Å². The van der Waals surface area contributed by atoms with Gasteiger partial charge in [0, 0.05) is 19.0 Å². The molecule has 0 spiro atoms. The van der Waals surface area contributed by atoms with Crippen LogP contribution in [0.15, 0.2) is 18.2 Å². The quantitative estimate of drug-likeness (QED) is 0.935. The van der Waals surface area contributed by atoms with Gasteiger partial charge in [-0.05, 0) is 49.9 Å². The number of halogens is 3. The van der Waals surface area contributed by atoms with E-state index in [0.29, 0.717) is 17.0 Å². The van der Waals surface area contributed by atoms with Crippen LogP contribution in [0.1, 0.15) is 36.6 Å². The minimum Gasteiger partial charge on any atom is -0.342 e. The fourth-order valence-electron chi connectivity index (χ4n) is 3.29. The standard InChI is InChI=1S/C16H18F3N3/c17-16(18,19)12-3-4-13-14(7-12)21-15(20-13)11-5-6-22(9-11)8-10-1-2-10/h3-4,7,10-11H,1-2,5-6,8-9H2,(H,20,21). The highest BCUT2D eigenvalue weighted by atomic mass is 19.4. The third-order valence-corrected chi connectivity index (χ3v) is 4.70. The Morgan fingerprint density at radius 3 is 2.77 bits per heavy atom. The zero-order valence-corrected chi connectivity index (χ0v) is 12.2. The average Bonchev–Trinajstić information content (AvgIpc) is 2.99. The van der Waals surface area contributed by atoms with Crippen LogP contribution in [0.25, 0.3) is 11.0 Å². The number of rotatable bonds is 3. The van der Waals surface area contributed by atoms with Gasteiger partial charge < -0.3 is 9.88 Å². The highest BCUT2D eigenvalue weighted by Crippen LogP contribution is 2.35. The predicted molar refractivity (Wildman–Crippen MR) is 77.6 cm³/mol. The van der Waals surface area contributed by atoms with Crippen molar-refractivity contribution >= 4 is 11.0 Å². The molecule has 3 nitrogen and oxygen atoms in total. The molecule has 118 valence electrons. The second kappa shape index (κ2) is 4.98. The summed E-state index contributed by atoms with van der Waals surface area (Å²) < 4.78 is 38.3. The highest BCUT2D eigenvalue weighted by Gasteiger charge is 2.32. The first-order chi connectivity index (χ1) is 10.5. The molecule has 1 aliphatic heterocycles. The van der Waals surface area contributed by atoms with Crippen molar-refractivity contribution in [2.24, 2.45) is 5.92 Å². The molecule has 1 N–H and O–H groups in total. The van der Waals surface area contributed by atoms with Crippen LogP contribution in [0.3, 0.4) is 0 Å². The minimum absolute atomic E-state index is 0.306. The fourth-order valence-corrected chi connectivity index (χ4v) is 3.29. The maximum Gasteiger partial charge on any atom is 0.416 e. The summed E-state index contributed by atoms with van der Waals surface area (Å²) >= 11 is 0. The van der Waals surface area contributed by atoms with E-state index in [4.69, 9.17) is 0 Å². The molecular formula is C16H18F3N3. The SMILES string of the molecule is FC(F)(F)c1ccc2nc(C3CCN(CC4CC4)C3)[nH]c2c1. The number of imidazole rings is 1. The third kappa shape index (κ3) is 2.72. The minimum atomic E-state index is -4.31. The molecule has 2 fully saturated rings. The Kier molecular flexibility index (Phi) is 3.18. The van der Waals surface area contributed by atoms with Crippen molar-refractivity contribution in [3.8, 4) is 0 Å². The lowest BCUT2D eigenvalue weighted by Gasteiger charge is -2.14. The van der Waals surface area contributed by atoms with Gasteiger partial charge in [0.2, 0.25) is 0 Å². The van der Waals surface area contributed by atoms with Crippen molar-refractivity contribution in [2.75, 3.05) is 19.6 Å². The summed E-state index contributed by atoms with van der Waals surface area (Å²) in [6.07, 6.45) is -0.607. The summed E-state index contributed by atoms with van der Waals surface area (Å²) in [4.78, 5) is 10.1. The molecule has 0 radical (unpaired) electrons. The molecule has 1 aromatic carbocycles. The van der Waals surface area contributed by atoms with Gasteiger partial charge in [-0.1, -0.05) is 0 Å². The molecule has 1 aromatic heterocycles. The summed E-state index contributed by atoms with van der Waals surface area (Å²) in [6.45, 7) is 3.18. The molecule has 1 unspecified atom stereocenters. The molecule has 1 atom stereocenters. The van der Waals surface area contributed by atoms with Gasteiger partial charge in [0.15, 0.2) is 0 Å². The number of H-pyrrole nitrogens is 1. The van der Waals surface area contributed by atoms with Crippen LogP contribution in [0.2, 0.25) is 0 Å². The van der Waals surface area contributed by atoms with Crippen molar-refractivity contribution in [1.82, 2.24) is 14.9 Å². The van der Waals surface area contributed by atoms with Crippen LogP contribution in [-0.4, -0.2) is 34.5 Å². The van der Waals surface area contributed by atoms with E-state index in [-0.39, 0.29) is 0 Å². The van der Waals surface area contributed by atoms with Gasteiger partial charge in [0.25, 0.3) is 0 Å². The second-order valence-corrected chi connectivity index (χ2v) is 6.54. The molecule has 4 rings (SSSR count). The van der Waals surface area contributed by atoms with Crippen molar-refractivity contribution in [2.45, 2.75) is 31.4 Å². The van der Waals surface area contributed by atoms with E-state index in [2.05, 4.69) is 14.9 Å². The summed E-state index contributed by atoms with van der Waals surface area (Å²) in [5.41, 5.74) is 0.464. The van der Waals surface area contributed by atoms with Crippen LogP contribution < -0.4 is 0 Å². The Balaban J connectivity index is 1.54. The summed E-state index contributed by atoms with van der Waals surface area (Å²) in [7, 11) is 0. The van der Waals surface area contributed by atoms with Crippen LogP contribution >= 0.6 is 0 Å². The van der Waals surface area contributed by atoms with E-state index in [0.717, 1.165) is 49.9 Å². The Labute approximate surface area is 126 Å². The first-order valence-corrected chi connectivity index (χ1v) is 7.78. The molecule has 1 saturated carbocycles. The van der Waals surface area contributed by atoms with E-state index < -0.39 is 11.7 Å². The van der Waals surface area contributed by atoms with Crippen LogP contribution in [0.4, 0.5) is 13.2 Å². The predicted octanol–water partition coefficient (Wildman–Crippen LogP) is 3.78. The van der Waals surface area contributed by atoms with Gasteiger partial charge in [-0.3, -0.25) is 0 Å². The number of hydrogen-bond acceptors (Lipinski definition) is 2. The smallest absolute Gasteiger partial charge is 0.342 e. The number of nitrogens with one attached hydrogen (secondary N) is 1. The van der Waals surface area contributed by atoms with Gasteiger partial charge in [-0.2, -0.15) is 13.2 Å². The largest absolute Gasteiger partial charge is 0.416 e. The molecule has 2 heterocycles. The molecule has 2 aliphatic rings. The van der Waals surface area contributed by atoms with E-state index in [1.54, 1.807) is 0 Å². The van der Waals surface area contributed by atoms with Crippen LogP contribution in [0.5, 0.6) is 0 Å². The van der Waals surface area contributed by atoms with Crippen LogP contribution in [0, 0.1) is 5.92 Å². The first-order valence-electron chi connectivity index (χ1n) is 7.78. The number of aromatic amines is 1. The molecular weight excluding hydrogens is 291 g/mol. The Morgan fingerprint density at radius 1 is 1.23 bits per heavy atom. The summed E-state index contributed by atoms with van der Waals surface area (Å²) in [5, 5.41) is 0. The van der Waals surface area contributed by atoms with E-state index in [1.165, 1.54) is 18.9 Å². The fraction of sp³-hybridized carbons (Fsp3) is 0.562. The summed E-state index contributed by atoms with van der Waals surface area (Å²) in [6, 6.07) is 3.71. The number of fused-ring (bicyclic) bond motifs is 1. The number of likely N-dealkylation sites (tertiary alicyclic amines) is 1. The van der Waals surface area contributed by atoms with Gasteiger partial charge in [0.1, 0.15) is 5.82 Å². The number of nitrogens with zero attached hydrogens (tertiary/aromatic N) is 2. The highest BCUT2D eigenvalue weighted by molar-refractivity contribution is 5.76. The van der Waals surface area contributed by atoms with Crippen molar-refractivity contribution < 1.29 is 13.2 Å². The van der Waals surface area contributed by atoms with Crippen LogP contribution in [-0.2, 0) is 6.18 Å². The number of aromatic nitrogens is 2. The van der Waals surface area contributed by atoms with Gasteiger partial charge in [-0.25, -0.2) is 4.98 Å². The molecule has 0 amide bonds. The van der Waals surface area contributed by atoms with Gasteiger partial charge in [0.05, 0.1) is 16.6 Å². The number of benzene rings is 1. The van der Waals surface area contributed by atoms with E-state index in [9.17, 15) is 13.2 Å². The molecule has 22 heavy (non-hydrogen) atoms. The Morgan fingerprint density at radius 2 is 2.05 bits per heavy atom. The maximum atomic E-state index is 12.8. The lowest BCUT2D eigenvalue weighted by atomic mass is 10.1. The van der Waals surface area contributed by atoms with E-state index in [1.807, 2.05) is 0 Å². The molecule has 6 heteroatoms. The zero-order chi connectivity index (χ0) is 15.3. The van der Waals surface area contributed by atoms with Crippen molar-refractivity contribution in [3.63, 3.8) is 0 Å². The lowest BCUT2D eigenvalue weighted by Crippen LogP contribution is -2.22. The topological polar surface area (TPSA) is 31.9 Å². The maximum absolute atomic E-state index is 12.8.